The Balaban J connectivity index is 0.000000628. The molecule has 3 aromatic heterocycles. The summed E-state index contributed by atoms with van der Waals surface area (Å²) in [5, 5.41) is 3.18. The molecular weight excluding hydrogens is 419 g/mol. The number of aryl methyl sites for hydroxylation is 1. The van der Waals surface area contributed by atoms with Gasteiger partial charge in [-0.25, -0.2) is 14.4 Å². The van der Waals surface area contributed by atoms with Crippen molar-refractivity contribution in [3.8, 4) is 0 Å². The molecule has 0 bridgehead atoms. The number of halogens is 1. The lowest BCUT2D eigenvalue weighted by molar-refractivity contribution is -0.115. The number of nitrogens with zero attached hydrogens (tertiary/aromatic N) is 4. The highest BCUT2D eigenvalue weighted by Crippen LogP contribution is 2.29. The highest BCUT2D eigenvalue weighted by molar-refractivity contribution is 7.19. The fourth-order valence-corrected chi connectivity index (χ4v) is 4.20. The van der Waals surface area contributed by atoms with E-state index in [9.17, 15) is 14.0 Å². The van der Waals surface area contributed by atoms with E-state index in [2.05, 4.69) is 26.0 Å². The third kappa shape index (κ3) is 5.72. The molecule has 0 saturated carbocycles. The van der Waals surface area contributed by atoms with Crippen LogP contribution in [0.25, 0.3) is 10.2 Å². The summed E-state index contributed by atoms with van der Waals surface area (Å²) in [4.78, 5) is 38.1. The van der Waals surface area contributed by atoms with Crippen LogP contribution in [0.1, 0.15) is 53.7 Å². The van der Waals surface area contributed by atoms with Crippen molar-refractivity contribution < 1.29 is 14.0 Å². The van der Waals surface area contributed by atoms with Crippen LogP contribution in [0, 0.1) is 12.7 Å². The van der Waals surface area contributed by atoms with Gasteiger partial charge >= 0.3 is 0 Å². The molecule has 1 fully saturated rings. The van der Waals surface area contributed by atoms with E-state index in [1.165, 1.54) is 30.5 Å². The van der Waals surface area contributed by atoms with Crippen LogP contribution >= 0.6 is 11.3 Å². The molecule has 1 unspecified atom stereocenters. The number of nitrogens with one attached hydrogen (secondary N) is 1. The second-order valence-corrected chi connectivity index (χ2v) is 8.64. The molecule has 4 rings (SSSR count). The van der Waals surface area contributed by atoms with Crippen molar-refractivity contribution in [1.82, 2.24) is 19.9 Å². The lowest BCUT2D eigenvalue weighted by Gasteiger charge is -2.17. The van der Waals surface area contributed by atoms with Crippen LogP contribution in [0.15, 0.2) is 24.5 Å². The van der Waals surface area contributed by atoms with Gasteiger partial charge in [-0.3, -0.25) is 14.6 Å². The van der Waals surface area contributed by atoms with Gasteiger partial charge in [0.1, 0.15) is 5.82 Å². The summed E-state index contributed by atoms with van der Waals surface area (Å²) in [6.07, 6.45) is 4.82. The quantitative estimate of drug-likeness (QED) is 0.637. The number of hydrogen-bond donors (Lipinski definition) is 2. The smallest absolute Gasteiger partial charge is 0.274 e. The van der Waals surface area contributed by atoms with Crippen LogP contribution < -0.4 is 11.1 Å². The fourth-order valence-electron chi connectivity index (χ4n) is 3.27. The van der Waals surface area contributed by atoms with Gasteiger partial charge in [-0.2, -0.15) is 0 Å². The lowest BCUT2D eigenvalue weighted by atomic mass is 10.1. The molecule has 4 heterocycles. The molecule has 1 aliphatic heterocycles. The maximum atomic E-state index is 13.4. The van der Waals surface area contributed by atoms with E-state index in [-0.39, 0.29) is 17.9 Å². The topological polar surface area (TPSA) is 114 Å². The number of thiophene rings is 1. The maximum Gasteiger partial charge on any atom is 0.274 e. The second kappa shape index (κ2) is 9.78. The minimum Gasteiger partial charge on any atom is -0.370 e. The Morgan fingerprint density at radius 2 is 1.90 bits per heavy atom. The molecular formula is C21H25FN6O2S. The van der Waals surface area contributed by atoms with Crippen molar-refractivity contribution >= 4 is 39.3 Å². The molecule has 0 aliphatic carbocycles. The van der Waals surface area contributed by atoms with Crippen LogP contribution in [0.2, 0.25) is 0 Å². The van der Waals surface area contributed by atoms with E-state index >= 15 is 0 Å². The van der Waals surface area contributed by atoms with Crippen LogP contribution in [0.5, 0.6) is 0 Å². The van der Waals surface area contributed by atoms with E-state index in [0.29, 0.717) is 17.2 Å². The number of aromatic nitrogens is 3. The summed E-state index contributed by atoms with van der Waals surface area (Å²) >= 11 is 1.53. The maximum absolute atomic E-state index is 13.4. The van der Waals surface area contributed by atoms with Crippen molar-refractivity contribution in [3.63, 3.8) is 0 Å². The Morgan fingerprint density at radius 1 is 1.23 bits per heavy atom. The summed E-state index contributed by atoms with van der Waals surface area (Å²) < 4.78 is 14.3. The predicted octanol–water partition coefficient (Wildman–Crippen LogP) is 3.43. The van der Waals surface area contributed by atoms with E-state index in [1.807, 2.05) is 24.8 Å². The Morgan fingerprint density at radius 3 is 2.55 bits per heavy atom. The van der Waals surface area contributed by atoms with Crippen LogP contribution in [0.3, 0.4) is 0 Å². The highest BCUT2D eigenvalue weighted by Gasteiger charge is 2.25. The summed E-state index contributed by atoms with van der Waals surface area (Å²) in [6, 6.07) is 3.14. The number of likely N-dealkylation sites (tertiary alicyclic amines) is 1. The summed E-state index contributed by atoms with van der Waals surface area (Å²) in [7, 11) is 0. The first-order valence-electron chi connectivity index (χ1n) is 9.95. The number of hydrogen-bond acceptors (Lipinski definition) is 7. The third-order valence-electron chi connectivity index (χ3n) is 4.66. The van der Waals surface area contributed by atoms with E-state index in [0.717, 1.165) is 41.0 Å². The minimum atomic E-state index is -0.393. The number of anilines is 1. The Bertz CT molecular complexity index is 1090. The molecule has 3 N–H and O–H groups in total. The number of primary amides is 1. The van der Waals surface area contributed by atoms with Gasteiger partial charge in [0.05, 0.1) is 22.5 Å². The number of carbonyl (C=O) groups is 2. The van der Waals surface area contributed by atoms with Gasteiger partial charge in [0.2, 0.25) is 11.9 Å². The average molecular weight is 445 g/mol. The molecule has 3 aromatic rings. The number of nitrogens with two attached hydrogens (primary N) is 1. The first-order valence-corrected chi connectivity index (χ1v) is 10.8. The lowest BCUT2D eigenvalue weighted by Crippen LogP contribution is -2.28. The van der Waals surface area contributed by atoms with E-state index in [4.69, 9.17) is 0 Å². The van der Waals surface area contributed by atoms with Gasteiger partial charge in [-0.1, -0.05) is 0 Å². The number of rotatable bonds is 4. The molecule has 1 atom stereocenters. The summed E-state index contributed by atoms with van der Waals surface area (Å²) in [6.45, 7) is 6.71. The Hall–Kier alpha value is -3.14. The minimum absolute atomic E-state index is 0.0510. The number of amides is 2. The monoisotopic (exact) mass is 444 g/mol. The van der Waals surface area contributed by atoms with Crippen LogP contribution in [-0.4, -0.2) is 44.8 Å². The molecule has 164 valence electrons. The number of pyridine rings is 1. The van der Waals surface area contributed by atoms with Crippen molar-refractivity contribution in [3.05, 3.63) is 46.5 Å². The normalized spacial score (nSPS) is 14.1. The largest absolute Gasteiger partial charge is 0.370 e. The molecule has 1 aliphatic rings. The summed E-state index contributed by atoms with van der Waals surface area (Å²) in [5.74, 6) is -0.416. The van der Waals surface area contributed by atoms with E-state index < -0.39 is 5.82 Å². The van der Waals surface area contributed by atoms with Crippen molar-refractivity contribution in [1.29, 1.82) is 0 Å². The first-order chi connectivity index (χ1) is 14.7. The van der Waals surface area contributed by atoms with Gasteiger partial charge in [0.25, 0.3) is 5.91 Å². The first kappa shape index (κ1) is 22.5. The summed E-state index contributed by atoms with van der Waals surface area (Å²) in [5.41, 5.74) is 6.35. The van der Waals surface area contributed by atoms with Crippen molar-refractivity contribution in [2.45, 2.75) is 39.7 Å². The Labute approximate surface area is 183 Å². The van der Waals surface area contributed by atoms with Gasteiger partial charge in [0, 0.05) is 31.1 Å². The predicted molar refractivity (Wildman–Crippen MR) is 118 cm³/mol. The standard InChI is InChI=1S/C19H20FN5OS.C2H5NO/c1-11-7-15-17(27-11)16(18(26)25-5-3-4-6-25)24-19(23-15)22-12(2)13-8-14(20)10-21-9-13;1-2(3)4/h7-10,12H,3-6H2,1-2H3,(H,22,23,24);1H3,(H2,3,4). The molecule has 0 spiro atoms. The van der Waals surface area contributed by atoms with Crippen LogP contribution in [0.4, 0.5) is 10.3 Å². The fraction of sp³-hybridized carbons (Fsp3) is 0.381. The zero-order chi connectivity index (χ0) is 22.5. The molecule has 0 radical (unpaired) electrons. The van der Waals surface area contributed by atoms with Crippen molar-refractivity contribution in [2.75, 3.05) is 18.4 Å². The van der Waals surface area contributed by atoms with E-state index in [1.54, 1.807) is 6.20 Å². The van der Waals surface area contributed by atoms with Gasteiger partial charge < -0.3 is 16.0 Å². The number of carbonyl (C=O) groups excluding carboxylic acids is 2. The molecule has 1 saturated heterocycles. The highest BCUT2D eigenvalue weighted by atomic mass is 32.1. The SMILES string of the molecule is CC(N)=O.Cc1cc2nc(NC(C)c3cncc(F)c3)nc(C(=O)N3CCCC3)c2s1. The average Bonchev–Trinajstić information content (AvgIpc) is 3.35. The molecule has 0 aromatic carbocycles. The molecule has 31 heavy (non-hydrogen) atoms. The number of fused-ring (bicyclic) bond motifs is 1. The molecule has 10 heteroatoms. The van der Waals surface area contributed by atoms with Gasteiger partial charge in [0.15, 0.2) is 5.69 Å². The molecule has 2 amide bonds. The van der Waals surface area contributed by atoms with Crippen LogP contribution in [-0.2, 0) is 4.79 Å². The van der Waals surface area contributed by atoms with Gasteiger partial charge in [-0.05, 0) is 44.4 Å². The zero-order valence-corrected chi connectivity index (χ0v) is 18.5. The second-order valence-electron chi connectivity index (χ2n) is 7.38. The van der Waals surface area contributed by atoms with Crippen molar-refractivity contribution in [2.24, 2.45) is 5.73 Å². The third-order valence-corrected chi connectivity index (χ3v) is 5.71. The zero-order valence-electron chi connectivity index (χ0n) is 17.7. The molecule has 8 nitrogen and oxygen atoms in total. The van der Waals surface area contributed by atoms with Gasteiger partial charge in [-0.15, -0.1) is 11.3 Å². The Kier molecular flexibility index (Phi) is 7.11.